The molecule has 1 saturated carbocycles. The first-order chi connectivity index (χ1) is 17.4. The number of unbranched alkanes of at least 4 members (excludes halogenated alkanes) is 2. The molecule has 8 nitrogen and oxygen atoms in total. The maximum Gasteiger partial charge on any atom is 0.270 e. The van der Waals surface area contributed by atoms with E-state index in [9.17, 15) is 18.0 Å². The molecule has 1 atom stereocenters. The summed E-state index contributed by atoms with van der Waals surface area (Å²) in [5.74, 6) is -2.20. The van der Waals surface area contributed by atoms with E-state index in [1.54, 1.807) is 29.9 Å². The molecule has 0 saturated heterocycles. The molecule has 1 aromatic carbocycles. The van der Waals surface area contributed by atoms with E-state index in [1.165, 1.54) is 6.07 Å². The van der Waals surface area contributed by atoms with Gasteiger partial charge in [0.25, 0.3) is 11.8 Å². The molecule has 0 unspecified atom stereocenters. The Morgan fingerprint density at radius 2 is 2.00 bits per heavy atom. The first-order valence-corrected chi connectivity index (χ1v) is 14.5. The number of halogens is 1. The van der Waals surface area contributed by atoms with Crippen molar-refractivity contribution in [3.05, 3.63) is 58.7 Å². The molecule has 1 fully saturated rings. The van der Waals surface area contributed by atoms with E-state index in [0.717, 1.165) is 31.2 Å². The molecular weight excluding hydrogens is 495 g/mol. The van der Waals surface area contributed by atoms with Gasteiger partial charge < -0.3 is 5.32 Å². The lowest BCUT2D eigenvalue weighted by Gasteiger charge is -2.37. The summed E-state index contributed by atoms with van der Waals surface area (Å²) in [6, 6.07) is 6.77. The molecule has 10 heteroatoms. The van der Waals surface area contributed by atoms with Crippen molar-refractivity contribution < 1.29 is 22.4 Å². The fraction of sp³-hybridized carbons (Fsp3) is 0.519. The van der Waals surface area contributed by atoms with Gasteiger partial charge in [0, 0.05) is 29.8 Å². The van der Waals surface area contributed by atoms with E-state index >= 15 is 4.39 Å². The summed E-state index contributed by atoms with van der Waals surface area (Å²) in [5, 5.41) is 6.70. The van der Waals surface area contributed by atoms with Crippen LogP contribution in [0.3, 0.4) is 0 Å². The summed E-state index contributed by atoms with van der Waals surface area (Å²) in [5.41, 5.74) is 0.357. The number of amides is 2. The number of nitrogens with zero attached hydrogens (tertiary/aromatic N) is 2. The van der Waals surface area contributed by atoms with Gasteiger partial charge >= 0.3 is 0 Å². The van der Waals surface area contributed by atoms with E-state index < -0.39 is 38.4 Å². The Labute approximate surface area is 217 Å². The summed E-state index contributed by atoms with van der Waals surface area (Å²) in [7, 11) is -3.87. The first-order valence-electron chi connectivity index (χ1n) is 12.9. The Hall–Kier alpha value is -3.01. The molecule has 0 spiro atoms. The smallest absolute Gasteiger partial charge is 0.270 e. The van der Waals surface area contributed by atoms with Gasteiger partial charge in [-0.05, 0) is 64.2 Å². The third kappa shape index (κ3) is 5.79. The third-order valence-corrected chi connectivity index (χ3v) is 8.84. The van der Waals surface area contributed by atoms with E-state index in [2.05, 4.69) is 22.1 Å². The molecule has 2 amide bonds. The molecule has 2 aromatic rings. The lowest BCUT2D eigenvalue weighted by Crippen LogP contribution is -2.51. The number of benzene rings is 1. The summed E-state index contributed by atoms with van der Waals surface area (Å²) in [6.07, 6.45) is 6.63. The van der Waals surface area contributed by atoms with Gasteiger partial charge in [0.2, 0.25) is 10.0 Å². The first kappa shape index (κ1) is 27.0. The molecule has 2 heterocycles. The van der Waals surface area contributed by atoms with Gasteiger partial charge in [-0.25, -0.2) is 17.5 Å². The van der Waals surface area contributed by atoms with Crippen LogP contribution in [-0.4, -0.2) is 35.3 Å². The number of nitrogens with one attached hydrogen (secondary N) is 2. The standard InChI is InChI=1S/C27H35FN4O4S/c1-5-6-7-8-18-9-12-21(22(28)15-18)27(4)16-20(23-13-14-32(30-23)17(2)3)24(25(33)29-27)26(34)31-37(35,36)19-10-11-19/h9,12-15,17,19H,5-8,10-11,16H2,1-4H3,(H,29,33)(H,31,34)/t27-/m0/s1. The van der Waals surface area contributed by atoms with Crippen LogP contribution in [-0.2, 0) is 31.6 Å². The van der Waals surface area contributed by atoms with Crippen molar-refractivity contribution in [1.82, 2.24) is 19.8 Å². The number of hydrogen-bond donors (Lipinski definition) is 2. The number of rotatable bonds is 10. The van der Waals surface area contributed by atoms with Gasteiger partial charge in [-0.1, -0.05) is 31.9 Å². The SMILES string of the molecule is CCCCCc1ccc([C@]2(C)CC(c3ccn(C(C)C)n3)=C(C(=O)NS(=O)(=O)C3CC3)C(=O)N2)c(F)c1. The zero-order valence-corrected chi connectivity index (χ0v) is 22.6. The second-order valence-corrected chi connectivity index (χ2v) is 12.5. The molecule has 0 radical (unpaired) electrons. The molecule has 37 heavy (non-hydrogen) atoms. The van der Waals surface area contributed by atoms with Crippen LogP contribution in [0.5, 0.6) is 0 Å². The van der Waals surface area contributed by atoms with E-state index in [4.69, 9.17) is 0 Å². The molecule has 0 bridgehead atoms. The van der Waals surface area contributed by atoms with Crippen LogP contribution in [0.25, 0.3) is 5.57 Å². The van der Waals surface area contributed by atoms with Gasteiger partial charge in [-0.15, -0.1) is 0 Å². The molecule has 200 valence electrons. The van der Waals surface area contributed by atoms with Gasteiger partial charge in [-0.3, -0.25) is 14.3 Å². The Kier molecular flexibility index (Phi) is 7.60. The minimum atomic E-state index is -3.87. The van der Waals surface area contributed by atoms with E-state index in [1.807, 2.05) is 19.9 Å². The van der Waals surface area contributed by atoms with Crippen LogP contribution in [0, 0.1) is 5.82 Å². The Morgan fingerprint density at radius 3 is 2.59 bits per heavy atom. The quantitative estimate of drug-likeness (QED) is 0.355. The second-order valence-electron chi connectivity index (χ2n) is 10.5. The van der Waals surface area contributed by atoms with Crippen LogP contribution < -0.4 is 10.0 Å². The van der Waals surface area contributed by atoms with Crippen LogP contribution >= 0.6 is 0 Å². The molecule has 1 aromatic heterocycles. The number of carbonyl (C=O) groups excluding carboxylic acids is 2. The molecular formula is C27H35FN4O4S. The van der Waals surface area contributed by atoms with Crippen molar-refractivity contribution in [2.75, 3.05) is 0 Å². The van der Waals surface area contributed by atoms with Crippen LogP contribution in [0.1, 0.15) is 89.1 Å². The van der Waals surface area contributed by atoms with E-state index in [0.29, 0.717) is 24.1 Å². The fourth-order valence-corrected chi connectivity index (χ4v) is 6.01. The van der Waals surface area contributed by atoms with Gasteiger partial charge in [0.1, 0.15) is 11.4 Å². The van der Waals surface area contributed by atoms with Crippen molar-refractivity contribution >= 4 is 27.4 Å². The van der Waals surface area contributed by atoms with Gasteiger partial charge in [0.05, 0.1) is 16.5 Å². The van der Waals surface area contributed by atoms with Crippen molar-refractivity contribution in [1.29, 1.82) is 0 Å². The predicted molar refractivity (Wildman–Crippen MR) is 139 cm³/mol. The Bertz CT molecular complexity index is 1340. The minimum Gasteiger partial charge on any atom is -0.342 e. The number of carbonyl (C=O) groups is 2. The second kappa shape index (κ2) is 10.4. The number of sulfonamides is 1. The van der Waals surface area contributed by atoms with Crippen molar-refractivity contribution in [2.24, 2.45) is 0 Å². The summed E-state index contributed by atoms with van der Waals surface area (Å²) in [6.45, 7) is 7.70. The highest BCUT2D eigenvalue weighted by Crippen LogP contribution is 2.39. The predicted octanol–water partition coefficient (Wildman–Crippen LogP) is 4.13. The maximum absolute atomic E-state index is 15.4. The zero-order valence-electron chi connectivity index (χ0n) is 21.8. The number of aromatic nitrogens is 2. The van der Waals surface area contributed by atoms with Gasteiger partial charge in [0.15, 0.2) is 0 Å². The number of hydrogen-bond acceptors (Lipinski definition) is 5. The van der Waals surface area contributed by atoms with Gasteiger partial charge in [-0.2, -0.15) is 5.10 Å². The molecule has 2 aliphatic rings. The highest BCUT2D eigenvalue weighted by atomic mass is 32.2. The van der Waals surface area contributed by atoms with Crippen molar-refractivity contribution in [3.8, 4) is 0 Å². The van der Waals surface area contributed by atoms with E-state index in [-0.39, 0.29) is 23.6 Å². The number of aryl methyl sites for hydroxylation is 1. The third-order valence-electron chi connectivity index (χ3n) is 7.02. The van der Waals surface area contributed by atoms with Crippen molar-refractivity contribution in [3.63, 3.8) is 0 Å². The lowest BCUT2D eigenvalue weighted by molar-refractivity contribution is -0.124. The van der Waals surface area contributed by atoms with Crippen LogP contribution in [0.2, 0.25) is 0 Å². The molecule has 2 N–H and O–H groups in total. The average molecular weight is 531 g/mol. The Morgan fingerprint density at radius 1 is 1.27 bits per heavy atom. The minimum absolute atomic E-state index is 0.0309. The summed E-state index contributed by atoms with van der Waals surface area (Å²) in [4.78, 5) is 26.5. The fourth-order valence-electron chi connectivity index (χ4n) is 4.73. The zero-order chi connectivity index (χ0) is 27.0. The molecule has 1 aliphatic carbocycles. The van der Waals surface area contributed by atoms with Crippen molar-refractivity contribution in [2.45, 2.75) is 89.5 Å². The lowest BCUT2D eigenvalue weighted by atomic mass is 9.79. The summed E-state index contributed by atoms with van der Waals surface area (Å²) >= 11 is 0. The maximum atomic E-state index is 15.4. The topological polar surface area (TPSA) is 110 Å². The van der Waals surface area contributed by atoms with Crippen LogP contribution in [0.15, 0.2) is 36.0 Å². The highest BCUT2D eigenvalue weighted by molar-refractivity contribution is 7.91. The largest absolute Gasteiger partial charge is 0.342 e. The Balaban J connectivity index is 1.73. The molecule has 4 rings (SSSR count). The van der Waals surface area contributed by atoms with Crippen LogP contribution in [0.4, 0.5) is 4.39 Å². The monoisotopic (exact) mass is 530 g/mol. The highest BCUT2D eigenvalue weighted by Gasteiger charge is 2.44. The molecule has 1 aliphatic heterocycles. The normalized spacial score (nSPS) is 20.3. The average Bonchev–Trinajstić information content (AvgIpc) is 3.56. The summed E-state index contributed by atoms with van der Waals surface area (Å²) < 4.78 is 44.0.